The van der Waals surface area contributed by atoms with Crippen LogP contribution in [0.3, 0.4) is 0 Å². The largest absolute Gasteiger partial charge is 0.481 e. The number of hydrogen-bond donors (Lipinski definition) is 3. The zero-order valence-corrected chi connectivity index (χ0v) is 14.1. The van der Waals surface area contributed by atoms with Crippen LogP contribution in [0.1, 0.15) is 84.0 Å². The molecule has 0 aliphatic heterocycles. The summed E-state index contributed by atoms with van der Waals surface area (Å²) in [5.74, 6) is -1.16. The maximum absolute atomic E-state index is 11.6. The van der Waals surface area contributed by atoms with Crippen LogP contribution in [0, 0.1) is 0 Å². The number of unbranched alkanes of at least 4 members (excludes halogenated alkanes) is 9. The van der Waals surface area contributed by atoms with Gasteiger partial charge in [0.05, 0.1) is 6.04 Å². The topological polar surface area (TPSA) is 92.4 Å². The molecule has 0 aromatic carbocycles. The minimum Gasteiger partial charge on any atom is -0.481 e. The molecule has 130 valence electrons. The molecule has 1 unspecified atom stereocenters. The summed E-state index contributed by atoms with van der Waals surface area (Å²) < 4.78 is 0. The molecule has 0 bridgehead atoms. The van der Waals surface area contributed by atoms with Gasteiger partial charge in [-0.05, 0) is 12.8 Å². The summed E-state index contributed by atoms with van der Waals surface area (Å²) in [6, 6.07) is -0.709. The van der Waals surface area contributed by atoms with Gasteiger partial charge < -0.3 is 16.2 Å². The second kappa shape index (κ2) is 14.8. The van der Waals surface area contributed by atoms with Gasteiger partial charge in [0.25, 0.3) is 0 Å². The number of carbonyl (C=O) groups is 2. The van der Waals surface area contributed by atoms with Gasteiger partial charge in [0.15, 0.2) is 0 Å². The Morgan fingerprint density at radius 2 is 1.45 bits per heavy atom. The van der Waals surface area contributed by atoms with Crippen molar-refractivity contribution in [1.29, 1.82) is 0 Å². The minimum atomic E-state index is -0.919. The Hall–Kier alpha value is -1.10. The van der Waals surface area contributed by atoms with E-state index in [1.54, 1.807) is 0 Å². The van der Waals surface area contributed by atoms with Crippen LogP contribution in [0.5, 0.6) is 0 Å². The number of aliphatic carboxylic acids is 1. The first-order chi connectivity index (χ1) is 10.6. The molecule has 0 spiro atoms. The lowest BCUT2D eigenvalue weighted by Crippen LogP contribution is -2.41. The Morgan fingerprint density at radius 3 is 1.95 bits per heavy atom. The number of rotatable bonds is 15. The Kier molecular flexibility index (Phi) is 14.1. The van der Waals surface area contributed by atoms with E-state index in [4.69, 9.17) is 10.8 Å². The van der Waals surface area contributed by atoms with Gasteiger partial charge in [-0.25, -0.2) is 0 Å². The third-order valence-corrected chi connectivity index (χ3v) is 3.84. The number of nitrogens with one attached hydrogen (secondary N) is 1. The van der Waals surface area contributed by atoms with Crippen LogP contribution < -0.4 is 11.1 Å². The van der Waals surface area contributed by atoms with E-state index in [-0.39, 0.29) is 18.7 Å². The predicted octanol–water partition coefficient (Wildman–Crippen LogP) is 3.22. The van der Waals surface area contributed by atoms with Gasteiger partial charge in [0.1, 0.15) is 0 Å². The summed E-state index contributed by atoms with van der Waals surface area (Å²) in [4.78, 5) is 22.0. The van der Waals surface area contributed by atoms with E-state index in [1.165, 1.54) is 51.4 Å². The molecule has 1 atom stereocenters. The molecule has 0 heterocycles. The van der Waals surface area contributed by atoms with Crippen molar-refractivity contribution in [2.75, 3.05) is 6.54 Å². The molecule has 0 aliphatic rings. The smallest absolute Gasteiger partial charge is 0.303 e. The van der Waals surface area contributed by atoms with Crippen molar-refractivity contribution >= 4 is 11.9 Å². The Balaban J connectivity index is 3.31. The highest BCUT2D eigenvalue weighted by molar-refractivity contribution is 5.82. The van der Waals surface area contributed by atoms with Crippen LogP contribution in [0.2, 0.25) is 0 Å². The molecule has 0 aliphatic carbocycles. The van der Waals surface area contributed by atoms with E-state index in [1.807, 2.05) is 0 Å². The van der Waals surface area contributed by atoms with Crippen molar-refractivity contribution in [1.82, 2.24) is 5.32 Å². The molecule has 0 aromatic rings. The summed E-state index contributed by atoms with van der Waals surface area (Å²) in [7, 11) is 0. The summed E-state index contributed by atoms with van der Waals surface area (Å²) in [5.41, 5.74) is 5.62. The molecular weight excluding hydrogens is 280 g/mol. The van der Waals surface area contributed by atoms with Gasteiger partial charge in [-0.15, -0.1) is 0 Å². The van der Waals surface area contributed by atoms with Crippen molar-refractivity contribution < 1.29 is 14.7 Å². The highest BCUT2D eigenvalue weighted by Crippen LogP contribution is 2.10. The maximum atomic E-state index is 11.6. The quantitative estimate of drug-likeness (QED) is 0.405. The number of hydrogen-bond acceptors (Lipinski definition) is 3. The van der Waals surface area contributed by atoms with Gasteiger partial charge in [-0.3, -0.25) is 9.59 Å². The van der Waals surface area contributed by atoms with Crippen molar-refractivity contribution in [3.63, 3.8) is 0 Å². The SMILES string of the molecule is CCCCCCCCCCCCNC(=O)C(N)CCC(=O)O. The minimum absolute atomic E-state index is 0.0627. The molecular formula is C17H34N2O3. The van der Waals surface area contributed by atoms with E-state index < -0.39 is 12.0 Å². The lowest BCUT2D eigenvalue weighted by molar-refractivity contribution is -0.137. The normalized spacial score (nSPS) is 12.1. The fraction of sp³-hybridized carbons (Fsp3) is 0.882. The number of carboxylic acid groups (broad SMARTS) is 1. The first kappa shape index (κ1) is 20.9. The zero-order valence-electron chi connectivity index (χ0n) is 14.1. The molecule has 1 amide bonds. The third kappa shape index (κ3) is 13.9. The van der Waals surface area contributed by atoms with E-state index in [9.17, 15) is 9.59 Å². The van der Waals surface area contributed by atoms with Crippen molar-refractivity contribution in [2.45, 2.75) is 90.0 Å². The molecule has 5 heteroatoms. The van der Waals surface area contributed by atoms with E-state index in [2.05, 4.69) is 12.2 Å². The Bertz CT molecular complexity index is 296. The summed E-state index contributed by atoms with van der Waals surface area (Å²) in [6.45, 7) is 2.87. The highest BCUT2D eigenvalue weighted by Gasteiger charge is 2.13. The second-order valence-electron chi connectivity index (χ2n) is 6.01. The van der Waals surface area contributed by atoms with Crippen LogP contribution in [0.25, 0.3) is 0 Å². The van der Waals surface area contributed by atoms with Crippen molar-refractivity contribution in [2.24, 2.45) is 5.73 Å². The molecule has 0 fully saturated rings. The molecule has 4 N–H and O–H groups in total. The van der Waals surface area contributed by atoms with Gasteiger partial charge >= 0.3 is 5.97 Å². The second-order valence-corrected chi connectivity index (χ2v) is 6.01. The fourth-order valence-electron chi connectivity index (χ4n) is 2.37. The lowest BCUT2D eigenvalue weighted by Gasteiger charge is -2.11. The van der Waals surface area contributed by atoms with E-state index >= 15 is 0 Å². The fourth-order valence-corrected chi connectivity index (χ4v) is 2.37. The van der Waals surface area contributed by atoms with Gasteiger partial charge in [0, 0.05) is 13.0 Å². The number of nitrogens with two attached hydrogens (primary N) is 1. The average Bonchev–Trinajstić information content (AvgIpc) is 2.49. The standard InChI is InChI=1S/C17H34N2O3/c1-2-3-4-5-6-7-8-9-10-11-14-19-17(22)15(18)12-13-16(20)21/h15H,2-14,18H2,1H3,(H,19,22)(H,20,21). The molecule has 0 saturated heterocycles. The van der Waals surface area contributed by atoms with E-state index in [0.717, 1.165) is 12.8 Å². The average molecular weight is 314 g/mol. The van der Waals surface area contributed by atoms with Gasteiger partial charge in [-0.2, -0.15) is 0 Å². The summed E-state index contributed by atoms with van der Waals surface area (Å²) in [5, 5.41) is 11.3. The predicted molar refractivity (Wildman–Crippen MR) is 89.7 cm³/mol. The summed E-state index contributed by atoms with van der Waals surface area (Å²) in [6.07, 6.45) is 12.7. The molecule has 0 saturated carbocycles. The van der Waals surface area contributed by atoms with Crippen LogP contribution in [0.15, 0.2) is 0 Å². The first-order valence-corrected chi connectivity index (χ1v) is 8.83. The van der Waals surface area contributed by atoms with Gasteiger partial charge in [-0.1, -0.05) is 64.7 Å². The maximum Gasteiger partial charge on any atom is 0.303 e. The lowest BCUT2D eigenvalue weighted by atomic mass is 10.1. The number of carbonyl (C=O) groups excluding carboxylic acids is 1. The van der Waals surface area contributed by atoms with Crippen LogP contribution >= 0.6 is 0 Å². The Morgan fingerprint density at radius 1 is 0.955 bits per heavy atom. The number of amides is 1. The van der Waals surface area contributed by atoms with Gasteiger partial charge in [0.2, 0.25) is 5.91 Å². The van der Waals surface area contributed by atoms with Crippen molar-refractivity contribution in [3.8, 4) is 0 Å². The molecule has 5 nitrogen and oxygen atoms in total. The first-order valence-electron chi connectivity index (χ1n) is 8.83. The van der Waals surface area contributed by atoms with Crippen LogP contribution in [-0.2, 0) is 9.59 Å². The molecule has 0 aromatic heterocycles. The highest BCUT2D eigenvalue weighted by atomic mass is 16.4. The van der Waals surface area contributed by atoms with E-state index in [0.29, 0.717) is 6.54 Å². The van der Waals surface area contributed by atoms with Crippen molar-refractivity contribution in [3.05, 3.63) is 0 Å². The summed E-state index contributed by atoms with van der Waals surface area (Å²) >= 11 is 0. The molecule has 0 radical (unpaired) electrons. The number of carboxylic acids is 1. The third-order valence-electron chi connectivity index (χ3n) is 3.84. The van der Waals surface area contributed by atoms with Crippen LogP contribution in [0.4, 0.5) is 0 Å². The Labute approximate surface area is 135 Å². The molecule has 0 rings (SSSR count). The van der Waals surface area contributed by atoms with Crippen LogP contribution in [-0.4, -0.2) is 29.6 Å². The monoisotopic (exact) mass is 314 g/mol. The zero-order chi connectivity index (χ0) is 16.6. The molecule has 22 heavy (non-hydrogen) atoms.